The van der Waals surface area contributed by atoms with Crippen LogP contribution in [0.3, 0.4) is 0 Å². The van der Waals surface area contributed by atoms with E-state index in [1.54, 1.807) is 0 Å². The van der Waals surface area contributed by atoms with Gasteiger partial charge in [0.15, 0.2) is 0 Å². The third-order valence-corrected chi connectivity index (χ3v) is 16.7. The minimum atomic E-state index is -0.161. The predicted molar refractivity (Wildman–Crippen MR) is 323 cm³/mol. The molecule has 2 aliphatic heterocycles. The highest BCUT2D eigenvalue weighted by Crippen LogP contribution is 2.50. The molecule has 0 spiro atoms. The van der Waals surface area contributed by atoms with Crippen LogP contribution in [0.15, 0.2) is 168 Å². The van der Waals surface area contributed by atoms with Crippen LogP contribution in [0.2, 0.25) is 0 Å². The van der Waals surface area contributed by atoms with E-state index in [-0.39, 0.29) is 23.0 Å². The minimum Gasteiger partial charge on any atom is -0.455 e. The zero-order chi connectivity index (χ0) is 52.2. The van der Waals surface area contributed by atoms with Gasteiger partial charge < -0.3 is 18.8 Å². The molecule has 0 saturated heterocycles. The summed E-state index contributed by atoms with van der Waals surface area (Å²) in [5.74, 6) is 0. The van der Waals surface area contributed by atoms with E-state index in [0.717, 1.165) is 38.8 Å². The molecule has 0 saturated carbocycles. The number of para-hydroxylation sites is 4. The molecular weight excluding hydrogens is 910 g/mol. The summed E-state index contributed by atoms with van der Waals surface area (Å²) in [5, 5.41) is 4.85. The molecule has 0 unspecified atom stereocenters. The zero-order valence-corrected chi connectivity index (χ0v) is 45.9. The Labute approximate surface area is 443 Å². The van der Waals surface area contributed by atoms with Gasteiger partial charge in [-0.2, -0.15) is 0 Å². The summed E-state index contributed by atoms with van der Waals surface area (Å²) in [6.07, 6.45) is 0. The van der Waals surface area contributed by atoms with E-state index in [1.165, 1.54) is 111 Å². The smallest absolute Gasteiger partial charge is 0.252 e. The molecular formula is C70H66BN3O. The molecule has 0 aliphatic carbocycles. The Balaban J connectivity index is 1.14. The summed E-state index contributed by atoms with van der Waals surface area (Å²) in [7, 11) is 0. The molecule has 5 heteroatoms. The first-order chi connectivity index (χ1) is 35.8. The van der Waals surface area contributed by atoms with Gasteiger partial charge in [0, 0.05) is 55.5 Å². The number of hydrogen-bond donors (Lipinski definition) is 0. The lowest BCUT2D eigenvalue weighted by molar-refractivity contribution is 0.590. The number of benzene rings is 9. The van der Waals surface area contributed by atoms with E-state index in [0.29, 0.717) is 0 Å². The number of nitrogens with zero attached hydrogens (tertiary/aromatic N) is 3. The maximum Gasteiger partial charge on any atom is 0.252 e. The lowest BCUT2D eigenvalue weighted by Gasteiger charge is -2.46. The Morgan fingerprint density at radius 2 is 0.973 bits per heavy atom. The molecule has 75 heavy (non-hydrogen) atoms. The first-order valence-corrected chi connectivity index (χ1v) is 27.0. The minimum absolute atomic E-state index is 0.0239. The van der Waals surface area contributed by atoms with Gasteiger partial charge in [0.05, 0.1) is 22.4 Å². The molecule has 0 fully saturated rings. The van der Waals surface area contributed by atoms with Gasteiger partial charge in [-0.1, -0.05) is 159 Å². The topological polar surface area (TPSA) is 24.6 Å². The number of anilines is 6. The second-order valence-electron chi connectivity index (χ2n) is 24.9. The molecule has 2 aliphatic rings. The highest BCUT2D eigenvalue weighted by atomic mass is 16.3. The highest BCUT2D eigenvalue weighted by molar-refractivity contribution is 7.00. The number of aryl methyl sites for hydroxylation is 4. The fraction of sp³-hybridized carbons (Fsp3) is 0.229. The molecule has 0 atom stereocenters. The third-order valence-electron chi connectivity index (χ3n) is 16.7. The van der Waals surface area contributed by atoms with Crippen LogP contribution in [0.5, 0.6) is 0 Å². The number of hydrogen-bond acceptors (Lipinski definition) is 3. The fourth-order valence-electron chi connectivity index (χ4n) is 12.8. The molecule has 4 heterocycles. The van der Waals surface area contributed by atoms with Crippen molar-refractivity contribution in [3.63, 3.8) is 0 Å². The summed E-state index contributed by atoms with van der Waals surface area (Å²) < 4.78 is 9.22. The molecule has 2 aromatic heterocycles. The molecule has 13 rings (SSSR count). The van der Waals surface area contributed by atoms with Crippen LogP contribution >= 0.6 is 0 Å². The first kappa shape index (κ1) is 47.0. The van der Waals surface area contributed by atoms with Crippen molar-refractivity contribution in [1.82, 2.24) is 4.57 Å². The Morgan fingerprint density at radius 3 is 1.67 bits per heavy atom. The summed E-state index contributed by atoms with van der Waals surface area (Å²) in [6.45, 7) is 30.2. The number of furan rings is 1. The van der Waals surface area contributed by atoms with Crippen molar-refractivity contribution in [3.05, 3.63) is 203 Å². The van der Waals surface area contributed by atoms with Crippen LogP contribution in [0.4, 0.5) is 34.1 Å². The van der Waals surface area contributed by atoms with Crippen LogP contribution in [0.1, 0.15) is 101 Å². The van der Waals surface area contributed by atoms with E-state index >= 15 is 0 Å². The second-order valence-corrected chi connectivity index (χ2v) is 24.9. The van der Waals surface area contributed by atoms with Crippen molar-refractivity contribution in [2.75, 3.05) is 9.80 Å². The largest absolute Gasteiger partial charge is 0.455 e. The van der Waals surface area contributed by atoms with Gasteiger partial charge >= 0.3 is 0 Å². The Bertz CT molecular complexity index is 4140. The molecule has 0 N–H and O–H groups in total. The van der Waals surface area contributed by atoms with Crippen LogP contribution in [-0.4, -0.2) is 11.3 Å². The molecule has 0 radical (unpaired) electrons. The van der Waals surface area contributed by atoms with Gasteiger partial charge in [-0.05, 0) is 172 Å². The normalized spacial score (nSPS) is 13.6. The maximum atomic E-state index is 6.65. The Hall–Kier alpha value is -7.76. The number of fused-ring (bicyclic) bond motifs is 10. The van der Waals surface area contributed by atoms with E-state index < -0.39 is 0 Å². The standard InChI is InChI=1S/C70H66BN3O/c1-41-21-19-22-42(2)65(41)73-57-32-30-46(68(5,6)7)35-53(57)54-39-56-60(40-58(54)73)72(49-23-15-14-16-24-49)61-37-48(70(11,12)13)38-62-64(61)71(56)55-31-29-47(69(8,9)10)36-59(55)74(62)66-43(3)33-45(34-44(66)4)50-26-20-27-52-51-25-17-18-28-63(51)75-67(50)52/h14-40H,1-13H3. The first-order valence-electron chi connectivity index (χ1n) is 27.0. The summed E-state index contributed by atoms with van der Waals surface area (Å²) in [6, 6.07) is 62.4. The lowest BCUT2D eigenvalue weighted by Crippen LogP contribution is -2.61. The molecule has 4 nitrogen and oxygen atoms in total. The van der Waals surface area contributed by atoms with Crippen molar-refractivity contribution >= 4 is 101 Å². The van der Waals surface area contributed by atoms with Crippen molar-refractivity contribution in [2.24, 2.45) is 0 Å². The van der Waals surface area contributed by atoms with Gasteiger partial charge in [0.25, 0.3) is 6.71 Å². The summed E-state index contributed by atoms with van der Waals surface area (Å²) in [5.41, 5.74) is 27.7. The second kappa shape index (κ2) is 16.4. The van der Waals surface area contributed by atoms with Gasteiger partial charge in [-0.3, -0.25) is 0 Å². The molecule has 0 amide bonds. The fourth-order valence-corrected chi connectivity index (χ4v) is 12.8. The van der Waals surface area contributed by atoms with E-state index in [2.05, 4.69) is 268 Å². The summed E-state index contributed by atoms with van der Waals surface area (Å²) in [4.78, 5) is 5.25. The SMILES string of the molecule is Cc1cc(-c2cccc3c2oc2ccccc23)cc(C)c1N1c2cc(C(C)(C)C)ccc2B2c3cc4c5cc(C(C)(C)C)ccc5n(-c5c(C)cccc5C)c4cc3N(c3ccccc3)c3cc(C(C)(C)C)cc1c32. The molecule has 0 bridgehead atoms. The lowest BCUT2D eigenvalue weighted by atomic mass is 9.33. The van der Waals surface area contributed by atoms with Crippen molar-refractivity contribution < 1.29 is 4.42 Å². The van der Waals surface area contributed by atoms with Gasteiger partial charge in [0.1, 0.15) is 11.2 Å². The summed E-state index contributed by atoms with van der Waals surface area (Å²) >= 11 is 0. The Morgan fingerprint density at radius 1 is 0.400 bits per heavy atom. The Kier molecular flexibility index (Phi) is 10.3. The average molecular weight is 976 g/mol. The third kappa shape index (κ3) is 7.17. The molecule has 11 aromatic rings. The zero-order valence-electron chi connectivity index (χ0n) is 45.9. The van der Waals surface area contributed by atoms with Gasteiger partial charge in [0.2, 0.25) is 0 Å². The number of rotatable bonds is 4. The van der Waals surface area contributed by atoms with Crippen molar-refractivity contribution in [3.8, 4) is 16.8 Å². The average Bonchev–Trinajstić information content (AvgIpc) is 3.90. The van der Waals surface area contributed by atoms with Crippen LogP contribution in [-0.2, 0) is 16.2 Å². The maximum absolute atomic E-state index is 6.65. The highest BCUT2D eigenvalue weighted by Gasteiger charge is 2.45. The van der Waals surface area contributed by atoms with E-state index in [9.17, 15) is 0 Å². The predicted octanol–water partition coefficient (Wildman–Crippen LogP) is 17.6. The number of aromatic nitrogens is 1. The van der Waals surface area contributed by atoms with E-state index in [4.69, 9.17) is 4.42 Å². The van der Waals surface area contributed by atoms with Crippen LogP contribution < -0.4 is 26.2 Å². The van der Waals surface area contributed by atoms with Gasteiger partial charge in [-0.25, -0.2) is 0 Å². The molecule has 370 valence electrons. The van der Waals surface area contributed by atoms with Crippen LogP contribution in [0.25, 0.3) is 60.6 Å². The van der Waals surface area contributed by atoms with Crippen molar-refractivity contribution in [1.29, 1.82) is 0 Å². The van der Waals surface area contributed by atoms with Gasteiger partial charge in [-0.15, -0.1) is 0 Å². The van der Waals surface area contributed by atoms with Crippen LogP contribution in [0, 0.1) is 27.7 Å². The van der Waals surface area contributed by atoms with Crippen molar-refractivity contribution in [2.45, 2.75) is 106 Å². The molecule has 9 aromatic carbocycles. The quantitative estimate of drug-likeness (QED) is 0.164. The van der Waals surface area contributed by atoms with E-state index in [1.807, 2.05) is 0 Å². The monoisotopic (exact) mass is 976 g/mol.